The molecule has 0 heterocycles. The van der Waals surface area contributed by atoms with Crippen LogP contribution >= 0.6 is 0 Å². The summed E-state index contributed by atoms with van der Waals surface area (Å²) in [6.45, 7) is 2.31. The second kappa shape index (κ2) is 6.68. The van der Waals surface area contributed by atoms with Crippen molar-refractivity contribution in [2.75, 3.05) is 12.4 Å². The van der Waals surface area contributed by atoms with Gasteiger partial charge in [0.15, 0.2) is 0 Å². The maximum Gasteiger partial charge on any atom is 0.221 e. The Balaban J connectivity index is 1.90. The predicted octanol–water partition coefficient (Wildman–Crippen LogP) is 2.30. The lowest BCUT2D eigenvalue weighted by atomic mass is 10.1. The van der Waals surface area contributed by atoms with E-state index in [9.17, 15) is 4.79 Å². The van der Waals surface area contributed by atoms with Crippen LogP contribution in [-0.4, -0.2) is 25.2 Å². The lowest BCUT2D eigenvalue weighted by molar-refractivity contribution is -0.114. The lowest BCUT2D eigenvalue weighted by Gasteiger charge is -2.15. The van der Waals surface area contributed by atoms with Crippen LogP contribution in [-0.2, 0) is 16.1 Å². The van der Waals surface area contributed by atoms with Gasteiger partial charge in [0.1, 0.15) is 0 Å². The molecule has 1 aromatic carbocycles. The van der Waals surface area contributed by atoms with Gasteiger partial charge < -0.3 is 15.4 Å². The average Bonchev–Trinajstić information content (AvgIpc) is 2.85. The largest absolute Gasteiger partial charge is 0.381 e. The molecule has 19 heavy (non-hydrogen) atoms. The zero-order chi connectivity index (χ0) is 13.7. The molecule has 0 radical (unpaired) electrons. The van der Waals surface area contributed by atoms with Crippen molar-refractivity contribution < 1.29 is 9.53 Å². The molecule has 2 unspecified atom stereocenters. The maximum absolute atomic E-state index is 11.2. The van der Waals surface area contributed by atoms with Crippen LogP contribution in [0.1, 0.15) is 31.7 Å². The van der Waals surface area contributed by atoms with Gasteiger partial charge in [0.2, 0.25) is 5.91 Å². The number of anilines is 1. The maximum atomic E-state index is 11.2. The molecule has 0 saturated heterocycles. The van der Waals surface area contributed by atoms with Gasteiger partial charge in [-0.25, -0.2) is 0 Å². The van der Waals surface area contributed by atoms with E-state index in [-0.39, 0.29) is 5.91 Å². The van der Waals surface area contributed by atoms with Gasteiger partial charge in [0.25, 0.3) is 0 Å². The van der Waals surface area contributed by atoms with Crippen LogP contribution in [0.4, 0.5) is 5.69 Å². The SMILES string of the molecule is COC1CCC(NCc2ccccc2NC(C)=O)C1. The van der Waals surface area contributed by atoms with Crippen LogP contribution in [0.25, 0.3) is 0 Å². The summed E-state index contributed by atoms with van der Waals surface area (Å²) in [5.41, 5.74) is 2.02. The van der Waals surface area contributed by atoms with Crippen molar-refractivity contribution in [2.45, 2.75) is 44.9 Å². The molecule has 1 aliphatic carbocycles. The molecule has 0 aliphatic heterocycles. The van der Waals surface area contributed by atoms with Gasteiger partial charge in [-0.2, -0.15) is 0 Å². The molecule has 4 nitrogen and oxygen atoms in total. The third-order valence-corrected chi connectivity index (χ3v) is 3.63. The van der Waals surface area contributed by atoms with Crippen molar-refractivity contribution >= 4 is 11.6 Å². The van der Waals surface area contributed by atoms with E-state index in [0.717, 1.165) is 37.1 Å². The third kappa shape index (κ3) is 4.04. The van der Waals surface area contributed by atoms with Crippen molar-refractivity contribution in [2.24, 2.45) is 0 Å². The summed E-state index contributed by atoms with van der Waals surface area (Å²) in [7, 11) is 1.78. The Bertz CT molecular complexity index is 434. The van der Waals surface area contributed by atoms with Gasteiger partial charge in [-0.1, -0.05) is 18.2 Å². The molecule has 1 aliphatic rings. The Morgan fingerprint density at radius 2 is 2.16 bits per heavy atom. The normalized spacial score (nSPS) is 22.4. The van der Waals surface area contributed by atoms with Crippen molar-refractivity contribution in [1.29, 1.82) is 0 Å². The number of methoxy groups -OCH3 is 1. The lowest BCUT2D eigenvalue weighted by Crippen LogP contribution is -2.27. The minimum Gasteiger partial charge on any atom is -0.381 e. The van der Waals surface area contributed by atoms with Gasteiger partial charge in [-0.05, 0) is 30.9 Å². The predicted molar refractivity (Wildman–Crippen MR) is 76.0 cm³/mol. The second-order valence-corrected chi connectivity index (χ2v) is 5.09. The molecule has 1 fully saturated rings. The highest BCUT2D eigenvalue weighted by Gasteiger charge is 2.23. The number of ether oxygens (including phenoxy) is 1. The summed E-state index contributed by atoms with van der Waals surface area (Å²) in [4.78, 5) is 11.2. The van der Waals surface area contributed by atoms with Crippen molar-refractivity contribution in [3.8, 4) is 0 Å². The summed E-state index contributed by atoms with van der Waals surface area (Å²) in [6, 6.07) is 8.42. The van der Waals surface area contributed by atoms with E-state index in [1.807, 2.05) is 24.3 Å². The molecule has 2 rings (SSSR count). The molecular formula is C15H22N2O2. The first-order chi connectivity index (χ1) is 9.19. The fourth-order valence-corrected chi connectivity index (χ4v) is 2.58. The van der Waals surface area contributed by atoms with Crippen LogP contribution < -0.4 is 10.6 Å². The van der Waals surface area contributed by atoms with Crippen LogP contribution in [0.3, 0.4) is 0 Å². The summed E-state index contributed by atoms with van der Waals surface area (Å²) in [5.74, 6) is -0.0345. The van der Waals surface area contributed by atoms with Gasteiger partial charge in [-0.15, -0.1) is 0 Å². The Labute approximate surface area is 114 Å². The van der Waals surface area contributed by atoms with Crippen LogP contribution in [0, 0.1) is 0 Å². The number of nitrogens with one attached hydrogen (secondary N) is 2. The van der Waals surface area contributed by atoms with Crippen molar-refractivity contribution in [3.05, 3.63) is 29.8 Å². The molecule has 2 atom stereocenters. The fourth-order valence-electron chi connectivity index (χ4n) is 2.58. The Kier molecular flexibility index (Phi) is 4.93. The number of para-hydroxylation sites is 1. The fraction of sp³-hybridized carbons (Fsp3) is 0.533. The molecule has 1 amide bonds. The van der Waals surface area contributed by atoms with Crippen LogP contribution in [0.5, 0.6) is 0 Å². The third-order valence-electron chi connectivity index (χ3n) is 3.63. The molecular weight excluding hydrogens is 240 g/mol. The number of amides is 1. The molecule has 0 bridgehead atoms. The number of rotatable bonds is 5. The molecule has 4 heteroatoms. The Morgan fingerprint density at radius 1 is 1.37 bits per heavy atom. The number of carbonyl (C=O) groups excluding carboxylic acids is 1. The van der Waals surface area contributed by atoms with Crippen molar-refractivity contribution in [1.82, 2.24) is 5.32 Å². The minimum absolute atomic E-state index is 0.0345. The zero-order valence-electron chi connectivity index (χ0n) is 11.6. The number of benzene rings is 1. The molecule has 1 saturated carbocycles. The first kappa shape index (κ1) is 14.0. The van der Waals surface area contributed by atoms with Gasteiger partial charge in [0, 0.05) is 32.3 Å². The molecule has 0 aromatic heterocycles. The molecule has 2 N–H and O–H groups in total. The van der Waals surface area contributed by atoms with Gasteiger partial charge >= 0.3 is 0 Å². The van der Waals surface area contributed by atoms with Crippen LogP contribution in [0.2, 0.25) is 0 Å². The van der Waals surface area contributed by atoms with E-state index in [1.54, 1.807) is 7.11 Å². The molecule has 0 spiro atoms. The Morgan fingerprint density at radius 3 is 2.84 bits per heavy atom. The summed E-state index contributed by atoms with van der Waals surface area (Å²) < 4.78 is 5.37. The van der Waals surface area contributed by atoms with E-state index in [0.29, 0.717) is 12.1 Å². The summed E-state index contributed by atoms with van der Waals surface area (Å²) >= 11 is 0. The van der Waals surface area contributed by atoms with Gasteiger partial charge in [-0.3, -0.25) is 4.79 Å². The van der Waals surface area contributed by atoms with E-state index in [4.69, 9.17) is 4.74 Å². The van der Waals surface area contributed by atoms with E-state index >= 15 is 0 Å². The quantitative estimate of drug-likeness (QED) is 0.856. The highest BCUT2D eigenvalue weighted by molar-refractivity contribution is 5.89. The first-order valence-electron chi connectivity index (χ1n) is 6.80. The second-order valence-electron chi connectivity index (χ2n) is 5.09. The first-order valence-corrected chi connectivity index (χ1v) is 6.80. The summed E-state index contributed by atoms with van der Waals surface area (Å²) in [5, 5.41) is 6.41. The number of hydrogen-bond acceptors (Lipinski definition) is 3. The smallest absolute Gasteiger partial charge is 0.221 e. The zero-order valence-corrected chi connectivity index (χ0v) is 11.6. The summed E-state index contributed by atoms with van der Waals surface area (Å²) in [6.07, 6.45) is 3.74. The van der Waals surface area contributed by atoms with Gasteiger partial charge in [0.05, 0.1) is 6.10 Å². The highest BCUT2D eigenvalue weighted by atomic mass is 16.5. The number of hydrogen-bond donors (Lipinski definition) is 2. The highest BCUT2D eigenvalue weighted by Crippen LogP contribution is 2.22. The standard InChI is InChI=1S/C15H22N2O2/c1-11(18)17-15-6-4-3-5-12(15)10-16-13-7-8-14(9-13)19-2/h3-6,13-14,16H,7-10H2,1-2H3,(H,17,18). The molecule has 1 aromatic rings. The van der Waals surface area contributed by atoms with Crippen molar-refractivity contribution in [3.63, 3.8) is 0 Å². The minimum atomic E-state index is -0.0345. The van der Waals surface area contributed by atoms with E-state index < -0.39 is 0 Å². The van der Waals surface area contributed by atoms with E-state index in [2.05, 4.69) is 10.6 Å². The number of carbonyl (C=O) groups is 1. The Hall–Kier alpha value is -1.39. The van der Waals surface area contributed by atoms with E-state index in [1.165, 1.54) is 6.92 Å². The monoisotopic (exact) mass is 262 g/mol. The topological polar surface area (TPSA) is 50.4 Å². The average molecular weight is 262 g/mol. The molecule has 104 valence electrons. The van der Waals surface area contributed by atoms with Crippen LogP contribution in [0.15, 0.2) is 24.3 Å².